The molecule has 2 aromatic rings. The number of likely N-dealkylation sites (N-methyl/N-ethyl adjacent to an activating group) is 1. The van der Waals surface area contributed by atoms with Crippen LogP contribution in [0.1, 0.15) is 32.3 Å². The Morgan fingerprint density at radius 1 is 1.39 bits per heavy atom. The zero-order valence-corrected chi connectivity index (χ0v) is 17.3. The monoisotopic (exact) mass is 391 g/mol. The first-order chi connectivity index (χ1) is 13.6. The zero-order chi connectivity index (χ0) is 19.7. The summed E-state index contributed by atoms with van der Waals surface area (Å²) in [5, 5.41) is 7.00. The highest BCUT2D eigenvalue weighted by Gasteiger charge is 2.27. The highest BCUT2D eigenvalue weighted by atomic mass is 32.1. The lowest BCUT2D eigenvalue weighted by Gasteiger charge is -2.22. The van der Waals surface area contributed by atoms with Crippen LogP contribution in [-0.4, -0.2) is 35.0 Å². The van der Waals surface area contributed by atoms with Gasteiger partial charge in [-0.15, -0.1) is 0 Å². The van der Waals surface area contributed by atoms with Crippen molar-refractivity contribution < 1.29 is 0 Å². The van der Waals surface area contributed by atoms with Crippen LogP contribution < -0.4 is 5.73 Å². The molecular formula is C22H25N5S. The second-order valence-electron chi connectivity index (χ2n) is 7.12. The number of allylic oxidation sites excluding steroid dienone is 3. The van der Waals surface area contributed by atoms with Crippen LogP contribution in [0.3, 0.4) is 0 Å². The lowest BCUT2D eigenvalue weighted by Crippen LogP contribution is -2.27. The van der Waals surface area contributed by atoms with Gasteiger partial charge in [-0.2, -0.15) is 5.10 Å². The van der Waals surface area contributed by atoms with Gasteiger partial charge in [-0.05, 0) is 43.2 Å². The third-order valence-corrected chi connectivity index (χ3v) is 6.01. The summed E-state index contributed by atoms with van der Waals surface area (Å²) in [6, 6.07) is 6.59. The largest absolute Gasteiger partial charge is 0.375 e. The summed E-state index contributed by atoms with van der Waals surface area (Å²) in [4.78, 5) is 9.46. The lowest BCUT2D eigenvalue weighted by molar-refractivity contribution is 0.306. The molecule has 1 aromatic carbocycles. The van der Waals surface area contributed by atoms with Crippen LogP contribution >= 0.6 is 11.3 Å². The second kappa shape index (κ2) is 7.72. The van der Waals surface area contributed by atoms with Crippen molar-refractivity contribution in [1.82, 2.24) is 9.99 Å². The minimum absolute atomic E-state index is 0.277. The molecule has 2 N–H and O–H groups in total. The number of anilines is 1. The smallest absolute Gasteiger partial charge is 0.181 e. The molecule has 2 unspecified atom stereocenters. The molecule has 0 fully saturated rings. The Balaban J connectivity index is 1.77. The minimum atomic E-state index is 0.277. The van der Waals surface area contributed by atoms with Crippen LogP contribution in [0.4, 0.5) is 5.13 Å². The van der Waals surface area contributed by atoms with Crippen molar-refractivity contribution in [3.8, 4) is 0 Å². The molecule has 0 radical (unpaired) electrons. The molecule has 1 aliphatic heterocycles. The third kappa shape index (κ3) is 3.52. The van der Waals surface area contributed by atoms with Crippen LogP contribution in [0.2, 0.25) is 0 Å². The molecule has 6 heteroatoms. The van der Waals surface area contributed by atoms with Gasteiger partial charge in [-0.3, -0.25) is 5.01 Å². The van der Waals surface area contributed by atoms with E-state index in [0.717, 1.165) is 40.0 Å². The van der Waals surface area contributed by atoms with E-state index in [-0.39, 0.29) is 5.92 Å². The van der Waals surface area contributed by atoms with E-state index in [2.05, 4.69) is 60.4 Å². The van der Waals surface area contributed by atoms with Crippen LogP contribution in [0.5, 0.6) is 0 Å². The summed E-state index contributed by atoms with van der Waals surface area (Å²) in [6.07, 6.45) is 12.7. The minimum Gasteiger partial charge on any atom is -0.375 e. The molecule has 0 saturated heterocycles. The van der Waals surface area contributed by atoms with Crippen molar-refractivity contribution in [2.24, 2.45) is 16.0 Å². The van der Waals surface area contributed by atoms with Crippen molar-refractivity contribution in [3.05, 3.63) is 59.3 Å². The van der Waals surface area contributed by atoms with Gasteiger partial charge in [-0.25, -0.2) is 9.98 Å². The molecule has 2 atom stereocenters. The summed E-state index contributed by atoms with van der Waals surface area (Å²) >= 11 is 1.52. The average molecular weight is 392 g/mol. The molecular weight excluding hydrogens is 366 g/mol. The number of hydrogen-bond acceptors (Lipinski definition) is 6. The van der Waals surface area contributed by atoms with Crippen LogP contribution in [0.25, 0.3) is 10.2 Å². The van der Waals surface area contributed by atoms with E-state index in [1.54, 1.807) is 0 Å². The topological polar surface area (TPSA) is 66.9 Å². The van der Waals surface area contributed by atoms with Crippen LogP contribution in [0.15, 0.2) is 63.9 Å². The Hall–Kier alpha value is -2.73. The van der Waals surface area contributed by atoms with Crippen molar-refractivity contribution in [2.45, 2.75) is 32.7 Å². The second-order valence-corrected chi connectivity index (χ2v) is 8.18. The maximum Gasteiger partial charge on any atom is 0.181 e. The van der Waals surface area contributed by atoms with Gasteiger partial charge in [0.05, 0.1) is 27.7 Å². The number of hydrazone groups is 1. The molecule has 4 rings (SSSR count). The maximum atomic E-state index is 5.89. The van der Waals surface area contributed by atoms with Gasteiger partial charge in [0.25, 0.3) is 0 Å². The Bertz CT molecular complexity index is 1040. The fourth-order valence-electron chi connectivity index (χ4n) is 3.72. The first-order valence-corrected chi connectivity index (χ1v) is 10.5. The summed E-state index contributed by atoms with van der Waals surface area (Å²) in [5.74, 6) is 0.277. The van der Waals surface area contributed by atoms with Crippen molar-refractivity contribution in [1.29, 1.82) is 0 Å². The van der Waals surface area contributed by atoms with Crippen molar-refractivity contribution in [3.63, 3.8) is 0 Å². The van der Waals surface area contributed by atoms with Gasteiger partial charge in [0.2, 0.25) is 0 Å². The Morgan fingerprint density at radius 2 is 2.25 bits per heavy atom. The van der Waals surface area contributed by atoms with Crippen LogP contribution in [-0.2, 0) is 0 Å². The zero-order valence-electron chi connectivity index (χ0n) is 16.5. The SMILES string of the molecule is C/C=C(\CCC)C(=NC1=CC2C=NN(C)C2C=C1)c1ccc2nc(N)sc2c1. The number of aromatic nitrogens is 1. The number of nitrogen functional groups attached to an aromatic ring is 1. The Kier molecular flexibility index (Phi) is 5.13. The number of nitrogens with zero attached hydrogens (tertiary/aromatic N) is 4. The Morgan fingerprint density at radius 3 is 3.04 bits per heavy atom. The van der Waals surface area contributed by atoms with E-state index in [0.29, 0.717) is 11.2 Å². The van der Waals surface area contributed by atoms with E-state index in [1.165, 1.54) is 16.9 Å². The number of aliphatic imine (C=N–C) groups is 1. The van der Waals surface area contributed by atoms with Gasteiger partial charge in [0.1, 0.15) is 0 Å². The molecule has 1 aliphatic carbocycles. The predicted molar refractivity (Wildman–Crippen MR) is 120 cm³/mol. The first-order valence-electron chi connectivity index (χ1n) is 9.66. The summed E-state index contributed by atoms with van der Waals surface area (Å²) in [7, 11) is 2.01. The van der Waals surface area contributed by atoms with E-state index in [4.69, 9.17) is 10.7 Å². The molecule has 1 aromatic heterocycles. The number of hydrogen-bond donors (Lipinski definition) is 1. The quantitative estimate of drug-likeness (QED) is 0.746. The highest BCUT2D eigenvalue weighted by Crippen LogP contribution is 2.29. The van der Waals surface area contributed by atoms with Gasteiger partial charge in [-0.1, -0.05) is 42.9 Å². The van der Waals surface area contributed by atoms with Gasteiger partial charge >= 0.3 is 0 Å². The summed E-state index contributed by atoms with van der Waals surface area (Å²) in [6.45, 7) is 4.28. The first kappa shape index (κ1) is 18.6. The lowest BCUT2D eigenvalue weighted by atomic mass is 9.94. The number of rotatable bonds is 5. The normalized spacial score (nSPS) is 22.1. The van der Waals surface area contributed by atoms with Crippen LogP contribution in [0, 0.1) is 5.92 Å². The van der Waals surface area contributed by atoms with Gasteiger partial charge < -0.3 is 5.73 Å². The molecule has 5 nitrogen and oxygen atoms in total. The Labute approximate surface area is 169 Å². The predicted octanol–water partition coefficient (Wildman–Crippen LogP) is 4.78. The molecule has 2 heterocycles. The van der Waals surface area contributed by atoms with E-state index in [1.807, 2.05) is 24.3 Å². The van der Waals surface area contributed by atoms with Gasteiger partial charge in [0, 0.05) is 24.7 Å². The van der Waals surface area contributed by atoms with Gasteiger partial charge in [0.15, 0.2) is 5.13 Å². The van der Waals surface area contributed by atoms with E-state index >= 15 is 0 Å². The molecule has 144 valence electrons. The van der Waals surface area contributed by atoms with Crippen molar-refractivity contribution in [2.75, 3.05) is 12.8 Å². The summed E-state index contributed by atoms with van der Waals surface area (Å²) < 4.78 is 1.09. The standard InChI is InChI=1S/C22H25N5S/c1-4-6-14(5-2)21(15-7-9-18-20(12-15)28-22(23)26-18)25-17-8-10-19-16(11-17)13-24-27(19)3/h5,7-13,16,19H,4,6H2,1-3H3,(H2,23,26)/b14-5+,25-21?. The summed E-state index contributed by atoms with van der Waals surface area (Å²) in [5.41, 5.74) is 11.2. The molecule has 0 saturated carbocycles. The number of thiazole rings is 1. The highest BCUT2D eigenvalue weighted by molar-refractivity contribution is 7.22. The molecule has 0 spiro atoms. The maximum absolute atomic E-state index is 5.89. The fraction of sp³-hybridized carbons (Fsp3) is 0.318. The molecule has 0 bridgehead atoms. The molecule has 0 amide bonds. The molecule has 28 heavy (non-hydrogen) atoms. The number of fused-ring (bicyclic) bond motifs is 2. The fourth-order valence-corrected chi connectivity index (χ4v) is 4.50. The number of nitrogens with two attached hydrogens (primary N) is 1. The average Bonchev–Trinajstić information content (AvgIpc) is 3.25. The van der Waals surface area contributed by atoms with E-state index < -0.39 is 0 Å². The van der Waals surface area contributed by atoms with Crippen molar-refractivity contribution >= 4 is 38.6 Å². The third-order valence-electron chi connectivity index (χ3n) is 5.17. The molecule has 2 aliphatic rings. The number of benzene rings is 1. The van der Waals surface area contributed by atoms with E-state index in [9.17, 15) is 0 Å².